The Hall–Kier alpha value is -0.250. The molecule has 1 aromatic rings. The molecule has 0 spiro atoms. The van der Waals surface area contributed by atoms with E-state index >= 15 is 0 Å². The second-order valence-electron chi connectivity index (χ2n) is 2.17. The summed E-state index contributed by atoms with van der Waals surface area (Å²) in [7, 11) is 1.60. The summed E-state index contributed by atoms with van der Waals surface area (Å²) in [6.45, 7) is 0. The van der Waals surface area contributed by atoms with Gasteiger partial charge in [0, 0.05) is 26.2 Å². The van der Waals surface area contributed by atoms with Crippen LogP contribution in [0.15, 0.2) is 45.1 Å². The molecule has 0 radical (unpaired) electrons. The summed E-state index contributed by atoms with van der Waals surface area (Å²) in [5, 5.41) is 2.80. The number of halogens is 1. The van der Waals surface area contributed by atoms with Gasteiger partial charge in [-0.25, -0.2) is 4.36 Å². The van der Waals surface area contributed by atoms with Crippen molar-refractivity contribution in [2.75, 3.05) is 0 Å². The van der Waals surface area contributed by atoms with Crippen molar-refractivity contribution in [3.63, 3.8) is 0 Å². The second kappa shape index (κ2) is 3.64. The van der Waals surface area contributed by atoms with Gasteiger partial charge < -0.3 is 0 Å². The van der Waals surface area contributed by atoms with Gasteiger partial charge in [-0.1, -0.05) is 23.7 Å². The average molecular weight is 216 g/mol. The van der Waals surface area contributed by atoms with Crippen LogP contribution in [0.1, 0.15) is 0 Å². The fourth-order valence-corrected chi connectivity index (χ4v) is 4.04. The van der Waals surface area contributed by atoms with E-state index in [-0.39, 0.29) is 9.72 Å². The van der Waals surface area contributed by atoms with Gasteiger partial charge in [0.1, 0.15) is 0 Å². The Balaban J connectivity index is 2.40. The highest BCUT2D eigenvalue weighted by Crippen LogP contribution is 2.31. The first-order valence-corrected chi connectivity index (χ1v) is 6.35. The van der Waals surface area contributed by atoms with Gasteiger partial charge in [0.15, 0.2) is 0 Å². The predicted molar refractivity (Wildman–Crippen MR) is 56.2 cm³/mol. The Bertz CT molecular complexity index is 360. The largest absolute Gasteiger partial charge is 0.220 e. The van der Waals surface area contributed by atoms with Crippen molar-refractivity contribution >= 4 is 32.1 Å². The lowest BCUT2D eigenvalue weighted by Crippen LogP contribution is -1.82. The van der Waals surface area contributed by atoms with Crippen molar-refractivity contribution in [1.82, 2.24) is 0 Å². The molecule has 1 nitrogen and oxygen atoms in total. The molecule has 1 heterocycles. The lowest BCUT2D eigenvalue weighted by Gasteiger charge is -2.01. The van der Waals surface area contributed by atoms with E-state index in [2.05, 4.69) is 4.36 Å². The van der Waals surface area contributed by atoms with E-state index in [1.165, 1.54) is 0 Å². The Kier molecular flexibility index (Phi) is 2.54. The molecule has 1 atom stereocenters. The van der Waals surface area contributed by atoms with Crippen LogP contribution in [-0.2, 0) is 9.72 Å². The normalized spacial score (nSPS) is 20.9. The highest BCUT2D eigenvalue weighted by molar-refractivity contribution is 8.71. The Morgan fingerprint density at radius 3 is 2.83 bits per heavy atom. The first kappa shape index (κ1) is 8.35. The van der Waals surface area contributed by atoms with Crippen LogP contribution in [-0.4, -0.2) is 0 Å². The minimum Gasteiger partial charge on any atom is -0.220 e. The molecule has 1 aromatic carbocycles. The van der Waals surface area contributed by atoms with Gasteiger partial charge in [-0.15, -0.1) is 0 Å². The van der Waals surface area contributed by atoms with Gasteiger partial charge in [-0.05, 0) is 22.9 Å². The van der Waals surface area contributed by atoms with E-state index < -0.39 is 0 Å². The summed E-state index contributed by atoms with van der Waals surface area (Å²) in [4.78, 5) is 1.12. The Morgan fingerprint density at radius 2 is 2.17 bits per heavy atom. The molecule has 2 rings (SSSR count). The van der Waals surface area contributed by atoms with Crippen molar-refractivity contribution in [3.8, 4) is 0 Å². The summed E-state index contributed by atoms with van der Waals surface area (Å²) in [5.41, 5.74) is 0. The van der Waals surface area contributed by atoms with Gasteiger partial charge in [-0.2, -0.15) is 0 Å². The highest BCUT2D eigenvalue weighted by atomic mass is 35.5. The zero-order chi connectivity index (χ0) is 8.39. The minimum atomic E-state index is -0.104. The van der Waals surface area contributed by atoms with Gasteiger partial charge >= 0.3 is 0 Å². The zero-order valence-electron chi connectivity index (χ0n) is 6.11. The molecule has 0 saturated carbocycles. The number of rotatable bonds is 1. The molecule has 4 heteroatoms. The molecule has 0 aromatic heterocycles. The molecule has 62 valence electrons. The van der Waals surface area contributed by atoms with Crippen molar-refractivity contribution in [2.24, 2.45) is 4.36 Å². The van der Waals surface area contributed by atoms with Crippen LogP contribution in [0.3, 0.4) is 0 Å². The maximum Gasteiger partial charge on any atom is 0.0560 e. The highest BCUT2D eigenvalue weighted by Gasteiger charge is 2.07. The van der Waals surface area contributed by atoms with E-state index in [9.17, 15) is 0 Å². The van der Waals surface area contributed by atoms with E-state index in [0.717, 1.165) is 9.92 Å². The molecule has 0 fully saturated rings. The van der Waals surface area contributed by atoms with E-state index in [0.29, 0.717) is 0 Å². The topological polar surface area (TPSA) is 12.4 Å². The van der Waals surface area contributed by atoms with Crippen LogP contribution in [0, 0.1) is 0 Å². The first-order chi connectivity index (χ1) is 5.88. The van der Waals surface area contributed by atoms with Crippen LogP contribution in [0.25, 0.3) is 0 Å². The van der Waals surface area contributed by atoms with E-state index in [1.807, 2.05) is 35.9 Å². The molecule has 0 bridgehead atoms. The lowest BCUT2D eigenvalue weighted by atomic mass is 10.4. The van der Waals surface area contributed by atoms with Crippen LogP contribution in [0.2, 0.25) is 5.02 Å². The molecule has 0 amide bonds. The maximum atomic E-state index is 6.01. The number of hydrogen-bond donors (Lipinski definition) is 0. The summed E-state index contributed by atoms with van der Waals surface area (Å²) in [6, 6.07) is 7.85. The first-order valence-electron chi connectivity index (χ1n) is 3.40. The van der Waals surface area contributed by atoms with Crippen molar-refractivity contribution in [3.05, 3.63) is 40.9 Å². The SMILES string of the molecule is Clc1ccccc1S1=NC=CS1. The van der Waals surface area contributed by atoms with Gasteiger partial charge in [0.05, 0.1) is 5.02 Å². The number of nitrogens with zero attached hydrogens (tertiary/aromatic N) is 1. The summed E-state index contributed by atoms with van der Waals surface area (Å²) >= 11 is 6.01. The molecule has 1 unspecified atom stereocenters. The zero-order valence-corrected chi connectivity index (χ0v) is 8.49. The van der Waals surface area contributed by atoms with Crippen LogP contribution < -0.4 is 0 Å². The fraction of sp³-hybridized carbons (Fsp3) is 0. The number of benzene rings is 1. The molecule has 0 N–H and O–H groups in total. The van der Waals surface area contributed by atoms with Gasteiger partial charge in [0.2, 0.25) is 0 Å². The van der Waals surface area contributed by atoms with Crippen LogP contribution in [0.4, 0.5) is 0 Å². The monoisotopic (exact) mass is 215 g/mol. The third-order valence-electron chi connectivity index (χ3n) is 1.39. The third kappa shape index (κ3) is 1.58. The standard InChI is InChI=1S/C8H6ClNS2/c9-7-3-1-2-4-8(7)12-10-5-6-11-12/h1-6H. The van der Waals surface area contributed by atoms with Crippen molar-refractivity contribution in [1.29, 1.82) is 0 Å². The van der Waals surface area contributed by atoms with E-state index in [4.69, 9.17) is 11.6 Å². The third-order valence-corrected chi connectivity index (χ3v) is 4.97. The molecular formula is C8H6ClNS2. The Morgan fingerprint density at radius 1 is 1.33 bits per heavy atom. The quantitative estimate of drug-likeness (QED) is 0.652. The van der Waals surface area contributed by atoms with Crippen molar-refractivity contribution in [2.45, 2.75) is 4.90 Å². The molecule has 12 heavy (non-hydrogen) atoms. The molecule has 0 aliphatic carbocycles. The summed E-state index contributed by atoms with van der Waals surface area (Å²) in [6.07, 6.45) is 1.83. The minimum absolute atomic E-state index is 0.104. The predicted octanol–water partition coefficient (Wildman–Crippen LogP) is 3.63. The summed E-state index contributed by atoms with van der Waals surface area (Å²) < 4.78 is 4.29. The maximum absolute atomic E-state index is 6.01. The average Bonchev–Trinajstić information content (AvgIpc) is 2.57. The second-order valence-corrected chi connectivity index (χ2v) is 5.71. The van der Waals surface area contributed by atoms with Crippen molar-refractivity contribution < 1.29 is 0 Å². The molecule has 0 saturated heterocycles. The van der Waals surface area contributed by atoms with Gasteiger partial charge in [0.25, 0.3) is 0 Å². The fourth-order valence-electron chi connectivity index (χ4n) is 0.877. The molecule has 1 aliphatic heterocycles. The van der Waals surface area contributed by atoms with Crippen LogP contribution in [0.5, 0.6) is 0 Å². The lowest BCUT2D eigenvalue weighted by molar-refractivity contribution is 1.46. The number of hydrogen-bond acceptors (Lipinski definition) is 2. The smallest absolute Gasteiger partial charge is 0.0560 e. The van der Waals surface area contributed by atoms with E-state index in [1.54, 1.807) is 10.8 Å². The molecule has 1 aliphatic rings. The summed E-state index contributed by atoms with van der Waals surface area (Å²) in [5.74, 6) is 0. The van der Waals surface area contributed by atoms with Gasteiger partial charge in [-0.3, -0.25) is 0 Å². The molecular weight excluding hydrogens is 210 g/mol. The van der Waals surface area contributed by atoms with Crippen LogP contribution >= 0.6 is 22.4 Å². The Labute approximate surface area is 82.3 Å².